The molecular formula is C18H15FN6O2. The van der Waals surface area contributed by atoms with Gasteiger partial charge in [-0.2, -0.15) is 5.10 Å². The van der Waals surface area contributed by atoms with Crippen molar-refractivity contribution in [2.45, 2.75) is 12.5 Å². The largest absolute Gasteiger partial charge is 0.478 e. The molecule has 3 N–H and O–H groups in total. The highest BCUT2D eigenvalue weighted by atomic mass is 19.1. The molecule has 0 aliphatic carbocycles. The fraction of sp³-hybridized carbons (Fsp3) is 0.222. The van der Waals surface area contributed by atoms with Crippen LogP contribution in [0.15, 0.2) is 30.6 Å². The van der Waals surface area contributed by atoms with Crippen LogP contribution in [0.3, 0.4) is 0 Å². The van der Waals surface area contributed by atoms with Crippen molar-refractivity contribution >= 4 is 28.0 Å². The Labute approximate surface area is 152 Å². The molecule has 1 unspecified atom stereocenters. The summed E-state index contributed by atoms with van der Waals surface area (Å²) in [5.41, 5.74) is 2.41. The summed E-state index contributed by atoms with van der Waals surface area (Å²) in [4.78, 5) is 23.0. The number of fused-ring (bicyclic) bond motifs is 2. The van der Waals surface area contributed by atoms with E-state index in [1.807, 2.05) is 4.68 Å². The number of rotatable bonds is 3. The smallest absolute Gasteiger partial charge is 0.339 e. The van der Waals surface area contributed by atoms with E-state index in [-0.39, 0.29) is 22.9 Å². The zero-order chi connectivity index (χ0) is 18.5. The fourth-order valence-corrected chi connectivity index (χ4v) is 3.59. The van der Waals surface area contributed by atoms with E-state index in [9.17, 15) is 14.3 Å². The Kier molecular flexibility index (Phi) is 3.44. The van der Waals surface area contributed by atoms with Crippen LogP contribution in [0.5, 0.6) is 0 Å². The van der Waals surface area contributed by atoms with Gasteiger partial charge >= 0.3 is 5.97 Å². The fourth-order valence-electron chi connectivity index (χ4n) is 3.59. The molecule has 8 nitrogen and oxygen atoms in total. The van der Waals surface area contributed by atoms with Crippen LogP contribution in [0, 0.1) is 5.82 Å². The minimum Gasteiger partial charge on any atom is -0.478 e. The zero-order valence-corrected chi connectivity index (χ0v) is 14.1. The molecule has 1 aliphatic heterocycles. The molecule has 5 rings (SSSR count). The number of H-pyrrole nitrogens is 1. The van der Waals surface area contributed by atoms with E-state index in [1.165, 1.54) is 18.3 Å². The van der Waals surface area contributed by atoms with Crippen molar-refractivity contribution in [1.82, 2.24) is 30.0 Å². The van der Waals surface area contributed by atoms with Gasteiger partial charge in [0, 0.05) is 18.1 Å². The Hall–Kier alpha value is -3.33. The number of carboxylic acid groups (broad SMARTS) is 1. The summed E-state index contributed by atoms with van der Waals surface area (Å²) < 4.78 is 15.7. The van der Waals surface area contributed by atoms with Gasteiger partial charge in [0.2, 0.25) is 0 Å². The van der Waals surface area contributed by atoms with E-state index >= 15 is 0 Å². The Morgan fingerprint density at radius 3 is 3.04 bits per heavy atom. The quantitative estimate of drug-likeness (QED) is 0.514. The number of benzene rings is 1. The number of nitrogens with zero attached hydrogens (tertiary/aromatic N) is 4. The van der Waals surface area contributed by atoms with Crippen LogP contribution in [0.2, 0.25) is 0 Å². The van der Waals surface area contributed by atoms with Gasteiger partial charge in [0.25, 0.3) is 0 Å². The highest BCUT2D eigenvalue weighted by Crippen LogP contribution is 2.31. The average Bonchev–Trinajstić information content (AvgIpc) is 3.38. The lowest BCUT2D eigenvalue weighted by molar-refractivity contribution is 0.0699. The number of hydrogen-bond acceptors (Lipinski definition) is 5. The maximum Gasteiger partial charge on any atom is 0.339 e. The molecular weight excluding hydrogens is 351 g/mol. The zero-order valence-electron chi connectivity index (χ0n) is 14.1. The van der Waals surface area contributed by atoms with E-state index in [0.717, 1.165) is 24.9 Å². The van der Waals surface area contributed by atoms with Crippen LogP contribution in [0.4, 0.5) is 4.39 Å². The lowest BCUT2D eigenvalue weighted by atomic mass is 10.1. The predicted octanol–water partition coefficient (Wildman–Crippen LogP) is 2.35. The van der Waals surface area contributed by atoms with E-state index in [2.05, 4.69) is 20.3 Å². The highest BCUT2D eigenvalue weighted by Gasteiger charge is 2.23. The summed E-state index contributed by atoms with van der Waals surface area (Å²) in [6.45, 7) is 1.65. The van der Waals surface area contributed by atoms with E-state index in [1.54, 1.807) is 12.3 Å². The van der Waals surface area contributed by atoms with Crippen LogP contribution >= 0.6 is 0 Å². The third kappa shape index (κ3) is 2.47. The van der Waals surface area contributed by atoms with Crippen molar-refractivity contribution in [3.05, 3.63) is 42.0 Å². The van der Waals surface area contributed by atoms with Crippen molar-refractivity contribution in [2.24, 2.45) is 0 Å². The molecule has 0 amide bonds. The Morgan fingerprint density at radius 2 is 2.26 bits per heavy atom. The number of carboxylic acids is 1. The molecule has 4 aromatic rings. The molecule has 1 saturated heterocycles. The van der Waals surface area contributed by atoms with Crippen LogP contribution in [0.25, 0.3) is 33.5 Å². The molecule has 0 radical (unpaired) electrons. The lowest BCUT2D eigenvalue weighted by Gasteiger charge is -2.10. The summed E-state index contributed by atoms with van der Waals surface area (Å²) >= 11 is 0. The summed E-state index contributed by atoms with van der Waals surface area (Å²) in [6.07, 6.45) is 3.82. The molecule has 9 heteroatoms. The lowest BCUT2D eigenvalue weighted by Crippen LogP contribution is -2.14. The number of aromatic nitrogens is 5. The van der Waals surface area contributed by atoms with Gasteiger partial charge in [-0.15, -0.1) is 0 Å². The first-order valence-electron chi connectivity index (χ1n) is 8.58. The SMILES string of the molecule is O=C(O)c1c[nH]c2ncc(-c3nn(C4CCNC4)c4cc(F)ccc34)nc12. The van der Waals surface area contributed by atoms with Gasteiger partial charge < -0.3 is 15.4 Å². The summed E-state index contributed by atoms with van der Waals surface area (Å²) in [5.74, 6) is -1.41. The van der Waals surface area contributed by atoms with Crippen LogP contribution < -0.4 is 5.32 Å². The molecule has 0 bridgehead atoms. The Balaban J connectivity index is 1.74. The molecule has 3 aromatic heterocycles. The average molecular weight is 366 g/mol. The number of aromatic amines is 1. The molecule has 1 atom stereocenters. The molecule has 1 aromatic carbocycles. The number of nitrogens with one attached hydrogen (secondary N) is 2. The first-order chi connectivity index (χ1) is 13.1. The van der Waals surface area contributed by atoms with Crippen molar-refractivity contribution in [3.63, 3.8) is 0 Å². The van der Waals surface area contributed by atoms with Gasteiger partial charge in [0.1, 0.15) is 28.3 Å². The number of aromatic carboxylic acids is 1. The predicted molar refractivity (Wildman–Crippen MR) is 96.1 cm³/mol. The summed E-state index contributed by atoms with van der Waals surface area (Å²) in [6, 6.07) is 4.65. The van der Waals surface area contributed by atoms with E-state index in [4.69, 9.17) is 5.10 Å². The number of carbonyl (C=O) groups is 1. The van der Waals surface area contributed by atoms with Crippen molar-refractivity contribution in [1.29, 1.82) is 0 Å². The second kappa shape index (κ2) is 5.85. The van der Waals surface area contributed by atoms with Gasteiger partial charge in [-0.1, -0.05) is 0 Å². The summed E-state index contributed by atoms with van der Waals surface area (Å²) in [5, 5.41) is 18.1. The van der Waals surface area contributed by atoms with Crippen molar-refractivity contribution in [3.8, 4) is 11.4 Å². The molecule has 27 heavy (non-hydrogen) atoms. The third-order valence-corrected chi connectivity index (χ3v) is 4.90. The molecule has 1 aliphatic rings. The van der Waals surface area contributed by atoms with Crippen LogP contribution in [0.1, 0.15) is 22.8 Å². The van der Waals surface area contributed by atoms with E-state index < -0.39 is 5.97 Å². The standard InChI is InChI=1S/C18H15FN6O2/c19-9-1-2-11-14(5-9)25(10-3-4-20-6-10)24-15(11)13-8-22-17-16(23-13)12(7-21-17)18(26)27/h1-2,5,7-8,10,20H,3-4,6H2,(H,21,22)(H,26,27). The third-order valence-electron chi connectivity index (χ3n) is 4.90. The molecule has 0 saturated carbocycles. The molecule has 136 valence electrons. The monoisotopic (exact) mass is 366 g/mol. The van der Waals surface area contributed by atoms with Gasteiger partial charge in [0.15, 0.2) is 5.65 Å². The van der Waals surface area contributed by atoms with Crippen LogP contribution in [-0.2, 0) is 0 Å². The van der Waals surface area contributed by atoms with E-state index in [0.29, 0.717) is 22.6 Å². The van der Waals surface area contributed by atoms with Crippen molar-refractivity contribution < 1.29 is 14.3 Å². The molecule has 4 heterocycles. The normalized spacial score (nSPS) is 17.1. The maximum atomic E-state index is 13.9. The summed E-state index contributed by atoms with van der Waals surface area (Å²) in [7, 11) is 0. The Morgan fingerprint density at radius 1 is 1.37 bits per heavy atom. The second-order valence-electron chi connectivity index (χ2n) is 6.56. The van der Waals surface area contributed by atoms with Gasteiger partial charge in [0.05, 0.1) is 17.8 Å². The van der Waals surface area contributed by atoms with Crippen LogP contribution in [-0.4, -0.2) is 48.9 Å². The highest BCUT2D eigenvalue weighted by molar-refractivity contribution is 6.01. The first kappa shape index (κ1) is 15.9. The van der Waals surface area contributed by atoms with Gasteiger partial charge in [-0.3, -0.25) is 4.68 Å². The second-order valence-corrected chi connectivity index (χ2v) is 6.56. The first-order valence-corrected chi connectivity index (χ1v) is 8.58. The van der Waals surface area contributed by atoms with Gasteiger partial charge in [-0.05, 0) is 31.2 Å². The molecule has 1 fully saturated rings. The van der Waals surface area contributed by atoms with Gasteiger partial charge in [-0.25, -0.2) is 19.2 Å². The minimum atomic E-state index is -1.08. The topological polar surface area (TPSA) is 109 Å². The maximum absolute atomic E-state index is 13.9. The molecule has 0 spiro atoms. The van der Waals surface area contributed by atoms with Crippen molar-refractivity contribution in [2.75, 3.05) is 13.1 Å². The number of hydrogen-bond donors (Lipinski definition) is 3. The number of halogens is 1. The minimum absolute atomic E-state index is 0.0501. The Bertz CT molecular complexity index is 1190.